The van der Waals surface area contributed by atoms with E-state index in [1.807, 2.05) is 19.1 Å². The molecule has 7 heteroatoms. The first-order chi connectivity index (χ1) is 10.0. The second kappa shape index (κ2) is 5.17. The molecule has 0 aliphatic carbocycles. The van der Waals surface area contributed by atoms with E-state index in [9.17, 15) is 4.79 Å². The largest absolute Gasteiger partial charge is 0.478 e. The van der Waals surface area contributed by atoms with Crippen LogP contribution in [0.1, 0.15) is 15.9 Å². The number of nitrogens with one attached hydrogen (secondary N) is 1. The van der Waals surface area contributed by atoms with Gasteiger partial charge in [0.1, 0.15) is 12.1 Å². The molecule has 0 radical (unpaired) electrons. The summed E-state index contributed by atoms with van der Waals surface area (Å²) in [6.07, 6.45) is 1.49. The van der Waals surface area contributed by atoms with Crippen molar-refractivity contribution in [2.75, 3.05) is 5.32 Å². The molecule has 106 valence electrons. The molecule has 0 amide bonds. The second-order valence-corrected chi connectivity index (χ2v) is 5.43. The second-order valence-electron chi connectivity index (χ2n) is 4.57. The quantitative estimate of drug-likeness (QED) is 0.760. The highest BCUT2D eigenvalue weighted by Gasteiger charge is 2.09. The Morgan fingerprint density at radius 3 is 2.86 bits per heavy atom. The maximum atomic E-state index is 10.9. The maximum Gasteiger partial charge on any atom is 0.335 e. The van der Waals surface area contributed by atoms with Crippen LogP contribution in [0.5, 0.6) is 0 Å². The number of carboxylic acid groups (broad SMARTS) is 1. The van der Waals surface area contributed by atoms with Crippen molar-refractivity contribution in [3.8, 4) is 0 Å². The summed E-state index contributed by atoms with van der Waals surface area (Å²) < 4.78 is 2.35. The Hall–Kier alpha value is -2.41. The van der Waals surface area contributed by atoms with Crippen molar-refractivity contribution in [1.82, 2.24) is 14.6 Å². The lowest BCUT2D eigenvalue weighted by Gasteiger charge is -2.11. The summed E-state index contributed by atoms with van der Waals surface area (Å²) in [6, 6.07) is 8.68. The van der Waals surface area contributed by atoms with Gasteiger partial charge in [-0.3, -0.25) is 0 Å². The van der Waals surface area contributed by atoms with Gasteiger partial charge in [0.25, 0.3) is 0 Å². The number of pyridine rings is 1. The number of aromatic nitrogens is 3. The Morgan fingerprint density at radius 1 is 1.33 bits per heavy atom. The Kier molecular flexibility index (Phi) is 3.34. The Labute approximate surface area is 128 Å². The first-order valence-electron chi connectivity index (χ1n) is 6.15. The smallest absolute Gasteiger partial charge is 0.335 e. The standard InChI is InChI=1S/C14H11BrN4O2/c1-8-4-12-16-7-17-19(12)13(5-8)18-11-3-2-9(14(20)21)6-10(11)15/h2-7,18H,1H3,(H,20,21). The molecule has 0 spiro atoms. The average molecular weight is 347 g/mol. The van der Waals surface area contributed by atoms with Crippen LogP contribution >= 0.6 is 15.9 Å². The topological polar surface area (TPSA) is 79.5 Å². The Bertz CT molecular complexity index is 844. The normalized spacial score (nSPS) is 10.8. The summed E-state index contributed by atoms with van der Waals surface area (Å²) in [5.74, 6) is -0.206. The van der Waals surface area contributed by atoms with E-state index in [0.717, 1.165) is 22.7 Å². The summed E-state index contributed by atoms with van der Waals surface area (Å²) >= 11 is 3.38. The first-order valence-corrected chi connectivity index (χ1v) is 6.94. The van der Waals surface area contributed by atoms with Gasteiger partial charge >= 0.3 is 5.97 Å². The molecule has 2 heterocycles. The van der Waals surface area contributed by atoms with Gasteiger partial charge in [-0.25, -0.2) is 9.78 Å². The highest BCUT2D eigenvalue weighted by atomic mass is 79.9. The third kappa shape index (κ3) is 2.59. The van der Waals surface area contributed by atoms with E-state index in [0.29, 0.717) is 4.47 Å². The fourth-order valence-electron chi connectivity index (χ4n) is 2.03. The molecule has 0 bridgehead atoms. The first kappa shape index (κ1) is 13.6. The van der Waals surface area contributed by atoms with Gasteiger partial charge in [-0.15, -0.1) is 0 Å². The van der Waals surface area contributed by atoms with Gasteiger partial charge in [0.05, 0.1) is 11.3 Å². The van der Waals surface area contributed by atoms with Crippen molar-refractivity contribution in [3.05, 3.63) is 52.3 Å². The van der Waals surface area contributed by atoms with Gasteiger partial charge in [-0.2, -0.15) is 9.61 Å². The summed E-state index contributed by atoms with van der Waals surface area (Å²) in [6.45, 7) is 1.97. The molecule has 0 unspecified atom stereocenters. The molecule has 3 rings (SSSR count). The lowest BCUT2D eigenvalue weighted by Crippen LogP contribution is -2.02. The van der Waals surface area contributed by atoms with Crippen molar-refractivity contribution >= 4 is 39.1 Å². The van der Waals surface area contributed by atoms with Crippen LogP contribution in [0, 0.1) is 6.92 Å². The SMILES string of the molecule is Cc1cc(Nc2ccc(C(=O)O)cc2Br)n2ncnc2c1. The molecule has 21 heavy (non-hydrogen) atoms. The lowest BCUT2D eigenvalue weighted by molar-refractivity contribution is 0.0697. The van der Waals surface area contributed by atoms with Crippen LogP contribution in [0.25, 0.3) is 5.65 Å². The summed E-state index contributed by atoms with van der Waals surface area (Å²) in [5, 5.41) is 16.4. The van der Waals surface area contributed by atoms with E-state index < -0.39 is 5.97 Å². The number of hydrogen-bond donors (Lipinski definition) is 2. The predicted octanol–water partition coefficient (Wildman–Crippen LogP) is 3.24. The van der Waals surface area contributed by atoms with Crippen molar-refractivity contribution < 1.29 is 9.90 Å². The predicted molar refractivity (Wildman–Crippen MR) is 82.1 cm³/mol. The van der Waals surface area contributed by atoms with Crippen LogP contribution in [0.3, 0.4) is 0 Å². The molecular weight excluding hydrogens is 336 g/mol. The van der Waals surface area contributed by atoms with E-state index in [4.69, 9.17) is 5.11 Å². The number of halogens is 1. The Balaban J connectivity index is 2.02. The van der Waals surface area contributed by atoms with Crippen LogP contribution in [0.15, 0.2) is 41.1 Å². The molecule has 6 nitrogen and oxygen atoms in total. The molecule has 0 aliphatic heterocycles. The van der Waals surface area contributed by atoms with Crippen molar-refractivity contribution in [3.63, 3.8) is 0 Å². The van der Waals surface area contributed by atoms with Crippen LogP contribution in [0.4, 0.5) is 11.5 Å². The van der Waals surface area contributed by atoms with Crippen LogP contribution in [-0.2, 0) is 0 Å². The van der Waals surface area contributed by atoms with E-state index in [-0.39, 0.29) is 5.56 Å². The zero-order valence-electron chi connectivity index (χ0n) is 11.0. The average Bonchev–Trinajstić information content (AvgIpc) is 2.88. The molecule has 3 aromatic rings. The Morgan fingerprint density at radius 2 is 2.14 bits per heavy atom. The maximum absolute atomic E-state index is 10.9. The molecule has 0 aliphatic rings. The summed E-state index contributed by atoms with van der Waals surface area (Å²) in [4.78, 5) is 15.1. The number of carbonyl (C=O) groups is 1. The van der Waals surface area contributed by atoms with Gasteiger partial charge in [-0.05, 0) is 58.7 Å². The zero-order valence-corrected chi connectivity index (χ0v) is 12.6. The summed E-state index contributed by atoms with van der Waals surface area (Å²) in [5.41, 5.74) is 2.78. The van der Waals surface area contributed by atoms with Crippen LogP contribution < -0.4 is 5.32 Å². The van der Waals surface area contributed by atoms with E-state index >= 15 is 0 Å². The van der Waals surface area contributed by atoms with E-state index in [1.165, 1.54) is 6.33 Å². The molecular formula is C14H11BrN4O2. The zero-order chi connectivity index (χ0) is 15.0. The van der Waals surface area contributed by atoms with Crippen molar-refractivity contribution in [1.29, 1.82) is 0 Å². The number of benzene rings is 1. The fourth-order valence-corrected chi connectivity index (χ4v) is 2.51. The van der Waals surface area contributed by atoms with Gasteiger partial charge in [0.15, 0.2) is 5.65 Å². The minimum absolute atomic E-state index is 0.225. The number of aromatic carboxylic acids is 1. The third-order valence-electron chi connectivity index (χ3n) is 3.00. The van der Waals surface area contributed by atoms with Crippen molar-refractivity contribution in [2.45, 2.75) is 6.92 Å². The number of rotatable bonds is 3. The number of carboxylic acids is 1. The van der Waals surface area contributed by atoms with Crippen LogP contribution in [0.2, 0.25) is 0 Å². The molecule has 0 saturated heterocycles. The van der Waals surface area contributed by atoms with Crippen molar-refractivity contribution in [2.24, 2.45) is 0 Å². The number of nitrogens with zero attached hydrogens (tertiary/aromatic N) is 3. The lowest BCUT2D eigenvalue weighted by atomic mass is 10.2. The van der Waals surface area contributed by atoms with E-state index in [2.05, 4.69) is 31.3 Å². The van der Waals surface area contributed by atoms with Crippen LogP contribution in [-0.4, -0.2) is 25.7 Å². The minimum Gasteiger partial charge on any atom is -0.478 e. The molecule has 1 aromatic carbocycles. The highest BCUT2D eigenvalue weighted by molar-refractivity contribution is 9.10. The monoisotopic (exact) mass is 346 g/mol. The molecule has 0 atom stereocenters. The van der Waals surface area contributed by atoms with Gasteiger partial charge < -0.3 is 10.4 Å². The molecule has 2 aromatic heterocycles. The van der Waals surface area contributed by atoms with Gasteiger partial charge in [-0.1, -0.05) is 0 Å². The minimum atomic E-state index is -0.962. The molecule has 0 saturated carbocycles. The highest BCUT2D eigenvalue weighted by Crippen LogP contribution is 2.27. The number of fused-ring (bicyclic) bond motifs is 1. The third-order valence-corrected chi connectivity index (χ3v) is 3.66. The number of aryl methyl sites for hydroxylation is 1. The number of hydrogen-bond acceptors (Lipinski definition) is 4. The van der Waals surface area contributed by atoms with Gasteiger partial charge in [0.2, 0.25) is 0 Å². The fraction of sp³-hybridized carbons (Fsp3) is 0.0714. The molecule has 0 fully saturated rings. The molecule has 2 N–H and O–H groups in total. The summed E-state index contributed by atoms with van der Waals surface area (Å²) in [7, 11) is 0. The van der Waals surface area contributed by atoms with Gasteiger partial charge in [0, 0.05) is 4.47 Å². The number of anilines is 2. The van der Waals surface area contributed by atoms with E-state index in [1.54, 1.807) is 22.7 Å².